The summed E-state index contributed by atoms with van der Waals surface area (Å²) < 4.78 is 0. The summed E-state index contributed by atoms with van der Waals surface area (Å²) in [6.07, 6.45) is 10.3. The number of carbonyl (C=O) groups excluding carboxylic acids is 1. The largest absolute Gasteiger partial charge is 0.355 e. The normalized spacial score (nSPS) is 22.1. The number of nitrogens with one attached hydrogen (secondary N) is 1. The van der Waals surface area contributed by atoms with Crippen LogP contribution in [-0.2, 0) is 10.3 Å². The summed E-state index contributed by atoms with van der Waals surface area (Å²) in [7, 11) is 0. The van der Waals surface area contributed by atoms with E-state index in [2.05, 4.69) is 44.5 Å². The van der Waals surface area contributed by atoms with E-state index in [-0.39, 0.29) is 17.4 Å². The van der Waals surface area contributed by atoms with Crippen LogP contribution in [0.3, 0.4) is 0 Å². The molecule has 0 radical (unpaired) electrons. The lowest BCUT2D eigenvalue weighted by Crippen LogP contribution is -2.54. The molecular weight excluding hydrogens is 312 g/mol. The second-order valence-electron chi connectivity index (χ2n) is 7.14. The molecule has 4 rings (SSSR count). The standard InChI is InChI=1S/C20H24N4O/c25-19(23-20(9-5-10-20)17-7-2-1-3-8-17)16-6-4-13-24(15-16)18-14-21-11-12-22-18/h1-3,7-8,11-12,14,16H,4-6,9-10,13,15H2,(H,23,25). The molecule has 1 aromatic carbocycles. The Morgan fingerprint density at radius 3 is 2.68 bits per heavy atom. The van der Waals surface area contributed by atoms with Gasteiger partial charge in [-0.25, -0.2) is 4.98 Å². The molecule has 2 aromatic rings. The number of rotatable bonds is 4. The molecule has 1 amide bonds. The van der Waals surface area contributed by atoms with Crippen molar-refractivity contribution in [2.45, 2.75) is 37.6 Å². The predicted molar refractivity (Wildman–Crippen MR) is 97.1 cm³/mol. The van der Waals surface area contributed by atoms with Gasteiger partial charge < -0.3 is 10.2 Å². The van der Waals surface area contributed by atoms with Crippen LogP contribution in [0.2, 0.25) is 0 Å². The molecule has 1 aromatic heterocycles. The van der Waals surface area contributed by atoms with Gasteiger partial charge in [0.05, 0.1) is 17.7 Å². The molecule has 1 saturated heterocycles. The molecule has 130 valence electrons. The Hall–Kier alpha value is -2.43. The minimum Gasteiger partial charge on any atom is -0.355 e. The molecule has 2 heterocycles. The molecular formula is C20H24N4O. The number of aromatic nitrogens is 2. The van der Waals surface area contributed by atoms with E-state index in [1.54, 1.807) is 18.6 Å². The lowest BCUT2D eigenvalue weighted by atomic mass is 9.71. The van der Waals surface area contributed by atoms with Gasteiger partial charge in [-0.3, -0.25) is 9.78 Å². The fourth-order valence-corrected chi connectivity index (χ4v) is 3.97. The quantitative estimate of drug-likeness (QED) is 0.933. The fourth-order valence-electron chi connectivity index (χ4n) is 3.97. The first kappa shape index (κ1) is 16.1. The van der Waals surface area contributed by atoms with Crippen LogP contribution in [0.25, 0.3) is 0 Å². The molecule has 2 aliphatic rings. The number of hydrogen-bond donors (Lipinski definition) is 1. The van der Waals surface area contributed by atoms with Crippen molar-refractivity contribution in [1.82, 2.24) is 15.3 Å². The van der Waals surface area contributed by atoms with E-state index in [9.17, 15) is 4.79 Å². The van der Waals surface area contributed by atoms with Gasteiger partial charge in [-0.05, 0) is 37.7 Å². The fraction of sp³-hybridized carbons (Fsp3) is 0.450. The smallest absolute Gasteiger partial charge is 0.225 e. The van der Waals surface area contributed by atoms with Crippen molar-refractivity contribution in [3.8, 4) is 0 Å². The number of benzene rings is 1. The molecule has 1 atom stereocenters. The third-order valence-corrected chi connectivity index (χ3v) is 5.56. The number of anilines is 1. The summed E-state index contributed by atoms with van der Waals surface area (Å²) in [6.45, 7) is 1.65. The highest BCUT2D eigenvalue weighted by Crippen LogP contribution is 2.41. The average Bonchev–Trinajstić information content (AvgIpc) is 2.66. The molecule has 1 aliphatic carbocycles. The molecule has 2 fully saturated rings. The number of carbonyl (C=O) groups is 1. The van der Waals surface area contributed by atoms with Crippen LogP contribution < -0.4 is 10.2 Å². The maximum atomic E-state index is 13.0. The van der Waals surface area contributed by atoms with Crippen molar-refractivity contribution < 1.29 is 4.79 Å². The van der Waals surface area contributed by atoms with Crippen molar-refractivity contribution in [3.05, 3.63) is 54.5 Å². The van der Waals surface area contributed by atoms with Gasteiger partial charge in [-0.2, -0.15) is 0 Å². The van der Waals surface area contributed by atoms with Crippen LogP contribution in [-0.4, -0.2) is 29.0 Å². The van der Waals surface area contributed by atoms with Gasteiger partial charge in [0.15, 0.2) is 0 Å². The van der Waals surface area contributed by atoms with Crippen LogP contribution in [0.1, 0.15) is 37.7 Å². The topological polar surface area (TPSA) is 58.1 Å². The third-order valence-electron chi connectivity index (χ3n) is 5.56. The lowest BCUT2D eigenvalue weighted by Gasteiger charge is -2.44. The Bertz CT molecular complexity index is 715. The minimum atomic E-state index is -0.160. The van der Waals surface area contributed by atoms with Gasteiger partial charge >= 0.3 is 0 Å². The molecule has 25 heavy (non-hydrogen) atoms. The van der Waals surface area contributed by atoms with Crippen LogP contribution in [0, 0.1) is 5.92 Å². The first-order valence-corrected chi connectivity index (χ1v) is 9.15. The van der Waals surface area contributed by atoms with Crippen LogP contribution in [0.5, 0.6) is 0 Å². The SMILES string of the molecule is O=C(NC1(c2ccccc2)CCC1)C1CCCN(c2cnccn2)C1. The summed E-state index contributed by atoms with van der Waals surface area (Å²) in [5, 5.41) is 3.39. The Morgan fingerprint density at radius 2 is 2.00 bits per heavy atom. The van der Waals surface area contributed by atoms with E-state index in [1.807, 2.05) is 6.07 Å². The van der Waals surface area contributed by atoms with E-state index < -0.39 is 0 Å². The Labute approximate surface area is 148 Å². The summed E-state index contributed by atoms with van der Waals surface area (Å²) in [6, 6.07) is 10.4. The average molecular weight is 336 g/mol. The van der Waals surface area contributed by atoms with Crippen molar-refractivity contribution >= 4 is 11.7 Å². The second-order valence-corrected chi connectivity index (χ2v) is 7.14. The zero-order chi connectivity index (χ0) is 17.1. The predicted octanol–water partition coefficient (Wildman–Crippen LogP) is 2.89. The zero-order valence-corrected chi connectivity index (χ0v) is 14.4. The van der Waals surface area contributed by atoms with Crippen LogP contribution in [0.4, 0.5) is 5.82 Å². The molecule has 5 heteroatoms. The van der Waals surface area contributed by atoms with E-state index >= 15 is 0 Å². The van der Waals surface area contributed by atoms with Crippen LogP contribution >= 0.6 is 0 Å². The van der Waals surface area contributed by atoms with Crippen molar-refractivity contribution in [1.29, 1.82) is 0 Å². The second kappa shape index (κ2) is 6.82. The first-order valence-electron chi connectivity index (χ1n) is 9.15. The summed E-state index contributed by atoms with van der Waals surface area (Å²) in [5.74, 6) is 1.05. The molecule has 0 bridgehead atoms. The molecule has 0 spiro atoms. The zero-order valence-electron chi connectivity index (χ0n) is 14.4. The monoisotopic (exact) mass is 336 g/mol. The van der Waals surface area contributed by atoms with Gasteiger partial charge in [0.25, 0.3) is 0 Å². The molecule has 1 saturated carbocycles. The van der Waals surface area contributed by atoms with Gasteiger partial charge in [-0.1, -0.05) is 30.3 Å². The van der Waals surface area contributed by atoms with E-state index in [0.29, 0.717) is 0 Å². The summed E-state index contributed by atoms with van der Waals surface area (Å²) in [4.78, 5) is 23.7. The first-order chi connectivity index (χ1) is 12.3. The number of amides is 1. The van der Waals surface area contributed by atoms with E-state index in [4.69, 9.17) is 0 Å². The van der Waals surface area contributed by atoms with Crippen molar-refractivity contribution in [2.75, 3.05) is 18.0 Å². The van der Waals surface area contributed by atoms with Gasteiger partial charge in [-0.15, -0.1) is 0 Å². The molecule has 1 aliphatic heterocycles. The number of hydrogen-bond acceptors (Lipinski definition) is 4. The minimum absolute atomic E-state index is 0.0111. The maximum Gasteiger partial charge on any atom is 0.225 e. The lowest BCUT2D eigenvalue weighted by molar-refractivity contribution is -0.128. The van der Waals surface area contributed by atoms with Crippen LogP contribution in [0.15, 0.2) is 48.9 Å². The highest BCUT2D eigenvalue weighted by molar-refractivity contribution is 5.80. The summed E-state index contributed by atoms with van der Waals surface area (Å²) in [5.41, 5.74) is 1.07. The molecule has 5 nitrogen and oxygen atoms in total. The number of nitrogens with zero attached hydrogens (tertiary/aromatic N) is 3. The summed E-state index contributed by atoms with van der Waals surface area (Å²) >= 11 is 0. The maximum absolute atomic E-state index is 13.0. The van der Waals surface area contributed by atoms with Gasteiger partial charge in [0.1, 0.15) is 5.82 Å². The van der Waals surface area contributed by atoms with E-state index in [0.717, 1.165) is 44.6 Å². The van der Waals surface area contributed by atoms with Crippen molar-refractivity contribution in [2.24, 2.45) is 5.92 Å². The Balaban J connectivity index is 1.45. The molecule has 1 N–H and O–H groups in total. The highest BCUT2D eigenvalue weighted by atomic mass is 16.2. The van der Waals surface area contributed by atoms with Gasteiger partial charge in [0.2, 0.25) is 5.91 Å². The van der Waals surface area contributed by atoms with E-state index in [1.165, 1.54) is 12.0 Å². The third kappa shape index (κ3) is 3.23. The Morgan fingerprint density at radius 1 is 1.16 bits per heavy atom. The highest BCUT2D eigenvalue weighted by Gasteiger charge is 2.41. The Kier molecular flexibility index (Phi) is 4.38. The molecule has 1 unspecified atom stereocenters. The van der Waals surface area contributed by atoms with Gasteiger partial charge in [0, 0.05) is 25.5 Å². The van der Waals surface area contributed by atoms with Crippen molar-refractivity contribution in [3.63, 3.8) is 0 Å². The number of piperidine rings is 1.